The van der Waals surface area contributed by atoms with Crippen molar-refractivity contribution in [2.45, 2.75) is 46.1 Å². The van der Waals surface area contributed by atoms with E-state index >= 15 is 0 Å². The normalized spacial score (nSPS) is 15.8. The predicted molar refractivity (Wildman–Crippen MR) is 118 cm³/mol. The molecular weight excluding hydrogens is 402 g/mol. The molecule has 0 bridgehead atoms. The Hall–Kier alpha value is -2.25. The predicted octanol–water partition coefficient (Wildman–Crippen LogP) is 5.43. The monoisotopic (exact) mass is 427 g/mol. The van der Waals surface area contributed by atoms with Crippen molar-refractivity contribution in [2.24, 2.45) is 0 Å². The van der Waals surface area contributed by atoms with Crippen LogP contribution in [0.25, 0.3) is 10.6 Å². The van der Waals surface area contributed by atoms with Crippen molar-refractivity contribution in [3.05, 3.63) is 50.4 Å². The van der Waals surface area contributed by atoms with E-state index in [1.54, 1.807) is 11.3 Å². The second kappa shape index (κ2) is 8.24. The number of thiazole rings is 2. The van der Waals surface area contributed by atoms with Gasteiger partial charge < -0.3 is 9.64 Å². The van der Waals surface area contributed by atoms with E-state index in [0.29, 0.717) is 11.5 Å². The second-order valence-corrected chi connectivity index (χ2v) is 9.49. The number of rotatable bonds is 5. The van der Waals surface area contributed by atoms with Gasteiger partial charge >= 0.3 is 0 Å². The lowest BCUT2D eigenvalue weighted by Gasteiger charge is -2.30. The van der Waals surface area contributed by atoms with E-state index < -0.39 is 0 Å². The fourth-order valence-corrected chi connectivity index (χ4v) is 5.98. The molecule has 2 heterocycles. The van der Waals surface area contributed by atoms with Crippen LogP contribution < -0.4 is 4.74 Å². The Balaban J connectivity index is 1.58. The summed E-state index contributed by atoms with van der Waals surface area (Å²) in [7, 11) is 1.91. The number of hydrogen-bond acceptors (Lipinski definition) is 6. The number of aryl methyl sites for hydroxylation is 3. The smallest absolute Gasteiger partial charge is 0.266 e. The number of benzene rings is 1. The second-order valence-electron chi connectivity index (χ2n) is 7.26. The molecule has 29 heavy (non-hydrogen) atoms. The Bertz CT molecular complexity index is 1020. The molecular formula is C22H25N3O2S2. The summed E-state index contributed by atoms with van der Waals surface area (Å²) < 4.78 is 5.51. The van der Waals surface area contributed by atoms with Crippen molar-refractivity contribution in [1.82, 2.24) is 14.9 Å². The molecule has 0 saturated carbocycles. The highest BCUT2D eigenvalue weighted by Gasteiger charge is 2.31. The van der Waals surface area contributed by atoms with Crippen molar-refractivity contribution in [3.63, 3.8) is 0 Å². The van der Waals surface area contributed by atoms with Gasteiger partial charge in [-0.15, -0.1) is 22.7 Å². The Morgan fingerprint density at radius 3 is 2.69 bits per heavy atom. The third-order valence-electron chi connectivity index (χ3n) is 5.22. The van der Waals surface area contributed by atoms with E-state index in [9.17, 15) is 4.79 Å². The molecule has 0 spiro atoms. The van der Waals surface area contributed by atoms with Crippen molar-refractivity contribution >= 4 is 28.6 Å². The zero-order chi connectivity index (χ0) is 20.5. The van der Waals surface area contributed by atoms with Crippen LogP contribution in [0.15, 0.2) is 24.3 Å². The molecule has 0 unspecified atom stereocenters. The largest absolute Gasteiger partial charge is 0.494 e. The molecule has 1 aliphatic rings. The zero-order valence-corrected chi connectivity index (χ0v) is 18.8. The van der Waals surface area contributed by atoms with Crippen LogP contribution in [-0.2, 0) is 6.42 Å². The van der Waals surface area contributed by atoms with Gasteiger partial charge in [0, 0.05) is 12.6 Å². The molecule has 1 amide bonds. The van der Waals surface area contributed by atoms with E-state index in [1.165, 1.54) is 21.9 Å². The highest BCUT2D eigenvalue weighted by molar-refractivity contribution is 7.17. The summed E-state index contributed by atoms with van der Waals surface area (Å²) in [5, 5.41) is 1.94. The minimum atomic E-state index is 0.0427. The Morgan fingerprint density at radius 1 is 1.21 bits per heavy atom. The van der Waals surface area contributed by atoms with Gasteiger partial charge in [0.1, 0.15) is 15.6 Å². The summed E-state index contributed by atoms with van der Waals surface area (Å²) in [6, 6.07) is 7.98. The average molecular weight is 428 g/mol. The van der Waals surface area contributed by atoms with Gasteiger partial charge in [-0.3, -0.25) is 4.79 Å². The fourth-order valence-electron chi connectivity index (χ4n) is 3.77. The van der Waals surface area contributed by atoms with E-state index in [-0.39, 0.29) is 11.9 Å². The first-order chi connectivity index (χ1) is 14.0. The summed E-state index contributed by atoms with van der Waals surface area (Å²) in [5.41, 5.74) is 2.95. The number of nitrogens with zero attached hydrogens (tertiary/aromatic N) is 3. The first-order valence-corrected chi connectivity index (χ1v) is 11.5. The lowest BCUT2D eigenvalue weighted by atomic mass is 9.97. The quantitative estimate of drug-likeness (QED) is 0.545. The molecule has 1 aliphatic carbocycles. The summed E-state index contributed by atoms with van der Waals surface area (Å²) in [6.45, 7) is 6.56. The SMILES string of the molecule is CCOc1ccc(-c2nc(C)c(C(=O)N(C)[C@@H]3CCCc4nc(C)sc43)s2)cc1. The maximum Gasteiger partial charge on any atom is 0.266 e. The summed E-state index contributed by atoms with van der Waals surface area (Å²) in [4.78, 5) is 26.5. The maximum atomic E-state index is 13.3. The van der Waals surface area contributed by atoms with Gasteiger partial charge in [-0.25, -0.2) is 9.97 Å². The maximum absolute atomic E-state index is 13.3. The number of ether oxygens (including phenoxy) is 1. The summed E-state index contributed by atoms with van der Waals surface area (Å²) in [6.07, 6.45) is 3.07. The summed E-state index contributed by atoms with van der Waals surface area (Å²) in [5.74, 6) is 0.884. The highest BCUT2D eigenvalue weighted by Crippen LogP contribution is 2.39. The third-order valence-corrected chi connectivity index (χ3v) is 7.53. The first kappa shape index (κ1) is 20.0. The van der Waals surface area contributed by atoms with E-state index in [0.717, 1.165) is 46.3 Å². The number of carbonyl (C=O) groups excluding carboxylic acids is 1. The third kappa shape index (κ3) is 3.94. The highest BCUT2D eigenvalue weighted by atomic mass is 32.1. The Morgan fingerprint density at radius 2 is 1.97 bits per heavy atom. The van der Waals surface area contributed by atoms with Crippen molar-refractivity contribution < 1.29 is 9.53 Å². The van der Waals surface area contributed by atoms with Gasteiger partial charge in [0.05, 0.1) is 33.9 Å². The van der Waals surface area contributed by atoms with Gasteiger partial charge in [0.25, 0.3) is 5.91 Å². The number of fused-ring (bicyclic) bond motifs is 1. The lowest BCUT2D eigenvalue weighted by Crippen LogP contribution is -2.32. The number of carbonyl (C=O) groups is 1. The topological polar surface area (TPSA) is 55.3 Å². The van der Waals surface area contributed by atoms with Crippen molar-refractivity contribution in [3.8, 4) is 16.3 Å². The lowest BCUT2D eigenvalue weighted by molar-refractivity contribution is 0.0722. The van der Waals surface area contributed by atoms with Crippen LogP contribution in [0, 0.1) is 13.8 Å². The van der Waals surface area contributed by atoms with Crippen LogP contribution >= 0.6 is 22.7 Å². The van der Waals surface area contributed by atoms with Gasteiger partial charge in [-0.2, -0.15) is 0 Å². The number of amides is 1. The Labute approximate surface area is 179 Å². The molecule has 0 radical (unpaired) electrons. The first-order valence-electron chi connectivity index (χ1n) is 9.92. The molecule has 152 valence electrons. The van der Waals surface area contributed by atoms with Crippen LogP contribution in [0.5, 0.6) is 5.75 Å². The van der Waals surface area contributed by atoms with Gasteiger partial charge in [-0.05, 0) is 64.3 Å². The molecule has 1 atom stereocenters. The molecule has 3 aromatic rings. The molecule has 7 heteroatoms. The van der Waals surface area contributed by atoms with Crippen LogP contribution in [0.1, 0.15) is 56.8 Å². The molecule has 4 rings (SSSR count). The molecule has 0 N–H and O–H groups in total. The number of hydrogen-bond donors (Lipinski definition) is 0. The van der Waals surface area contributed by atoms with E-state index in [2.05, 4.69) is 9.97 Å². The molecule has 5 nitrogen and oxygen atoms in total. The molecule has 0 saturated heterocycles. The minimum absolute atomic E-state index is 0.0427. The number of aromatic nitrogens is 2. The van der Waals surface area contributed by atoms with Crippen molar-refractivity contribution in [1.29, 1.82) is 0 Å². The van der Waals surface area contributed by atoms with Crippen LogP contribution in [0.4, 0.5) is 0 Å². The van der Waals surface area contributed by atoms with Crippen LogP contribution in [0.3, 0.4) is 0 Å². The van der Waals surface area contributed by atoms with Gasteiger partial charge in [0.2, 0.25) is 0 Å². The Kier molecular flexibility index (Phi) is 5.69. The molecule has 1 aromatic carbocycles. The molecule has 0 fully saturated rings. The molecule has 2 aromatic heterocycles. The molecule has 0 aliphatic heterocycles. The average Bonchev–Trinajstić information content (AvgIpc) is 3.29. The van der Waals surface area contributed by atoms with Crippen LogP contribution in [-0.4, -0.2) is 34.4 Å². The van der Waals surface area contributed by atoms with Crippen LogP contribution in [0.2, 0.25) is 0 Å². The fraction of sp³-hybridized carbons (Fsp3) is 0.409. The van der Waals surface area contributed by atoms with Gasteiger partial charge in [0.15, 0.2) is 0 Å². The van der Waals surface area contributed by atoms with E-state index in [1.807, 2.05) is 57.0 Å². The van der Waals surface area contributed by atoms with E-state index in [4.69, 9.17) is 4.74 Å². The van der Waals surface area contributed by atoms with Crippen molar-refractivity contribution in [2.75, 3.05) is 13.7 Å². The standard InChI is InChI=1S/C22H25N3O2S2/c1-5-27-16-11-9-15(10-12-16)21-23-13(2)19(29-21)22(26)25(4)18-8-6-7-17-20(18)28-14(3)24-17/h9-12,18H,5-8H2,1-4H3/t18-/m1/s1. The zero-order valence-electron chi connectivity index (χ0n) is 17.2. The minimum Gasteiger partial charge on any atom is -0.494 e. The summed E-state index contributed by atoms with van der Waals surface area (Å²) >= 11 is 3.19. The van der Waals surface area contributed by atoms with Gasteiger partial charge in [-0.1, -0.05) is 0 Å².